The normalized spacial score (nSPS) is 10.3. The van der Waals surface area contributed by atoms with E-state index in [1.165, 1.54) is 12.1 Å². The highest BCUT2D eigenvalue weighted by Crippen LogP contribution is 2.24. The molecule has 0 atom stereocenters. The number of benzene rings is 2. The van der Waals surface area contributed by atoms with E-state index in [9.17, 15) is 4.39 Å². The van der Waals surface area contributed by atoms with Crippen LogP contribution in [-0.4, -0.2) is 13.7 Å². The zero-order valence-corrected chi connectivity index (χ0v) is 12.7. The molecule has 0 bridgehead atoms. The van der Waals surface area contributed by atoms with Gasteiger partial charge in [0.2, 0.25) is 0 Å². The van der Waals surface area contributed by atoms with Gasteiger partial charge in [-0.3, -0.25) is 0 Å². The highest BCUT2D eigenvalue weighted by Gasteiger charge is 2.05. The Balaban J connectivity index is 2.01. The van der Waals surface area contributed by atoms with Gasteiger partial charge in [0.15, 0.2) is 0 Å². The molecule has 0 spiro atoms. The first-order chi connectivity index (χ1) is 9.60. The topological polar surface area (TPSA) is 47.3 Å². The first-order valence-corrected chi connectivity index (χ1v) is 7.01. The number of methoxy groups -OCH3 is 1. The molecule has 2 rings (SSSR count). The SMILES string of the molecule is COc1ccc(F)cc1CCNc1ccc(Br)cc1N. The van der Waals surface area contributed by atoms with Crippen molar-refractivity contribution in [1.82, 2.24) is 0 Å². The van der Waals surface area contributed by atoms with Crippen molar-refractivity contribution in [3.8, 4) is 5.75 Å². The van der Waals surface area contributed by atoms with E-state index in [-0.39, 0.29) is 5.82 Å². The summed E-state index contributed by atoms with van der Waals surface area (Å²) in [6.07, 6.45) is 0.649. The molecular weight excluding hydrogens is 323 g/mol. The summed E-state index contributed by atoms with van der Waals surface area (Å²) in [5, 5.41) is 3.24. The number of nitrogens with two attached hydrogens (primary N) is 1. The number of hydrogen-bond donors (Lipinski definition) is 2. The smallest absolute Gasteiger partial charge is 0.123 e. The Bertz CT molecular complexity index is 604. The van der Waals surface area contributed by atoms with Gasteiger partial charge >= 0.3 is 0 Å². The molecule has 0 aliphatic rings. The van der Waals surface area contributed by atoms with Crippen molar-refractivity contribution >= 4 is 27.3 Å². The molecule has 3 N–H and O–H groups in total. The van der Waals surface area contributed by atoms with Crippen LogP contribution in [-0.2, 0) is 6.42 Å². The van der Waals surface area contributed by atoms with Crippen LogP contribution in [0.5, 0.6) is 5.75 Å². The van der Waals surface area contributed by atoms with E-state index in [0.29, 0.717) is 24.4 Å². The lowest BCUT2D eigenvalue weighted by Gasteiger charge is -2.12. The second-order valence-electron chi connectivity index (χ2n) is 4.36. The Kier molecular flexibility index (Phi) is 4.84. The summed E-state index contributed by atoms with van der Waals surface area (Å²) in [5.74, 6) is 0.431. The molecule has 5 heteroatoms. The van der Waals surface area contributed by atoms with Crippen molar-refractivity contribution in [2.75, 3.05) is 24.7 Å². The minimum absolute atomic E-state index is 0.260. The molecule has 2 aromatic carbocycles. The molecule has 20 heavy (non-hydrogen) atoms. The van der Waals surface area contributed by atoms with Crippen molar-refractivity contribution in [2.24, 2.45) is 0 Å². The lowest BCUT2D eigenvalue weighted by Crippen LogP contribution is -2.08. The molecule has 0 saturated carbocycles. The molecule has 0 heterocycles. The second-order valence-corrected chi connectivity index (χ2v) is 5.28. The van der Waals surface area contributed by atoms with Gasteiger partial charge in [0.1, 0.15) is 11.6 Å². The molecule has 3 nitrogen and oxygen atoms in total. The number of ether oxygens (including phenoxy) is 1. The minimum atomic E-state index is -0.260. The summed E-state index contributed by atoms with van der Waals surface area (Å²) < 4.78 is 19.4. The molecule has 0 aliphatic carbocycles. The molecule has 0 aromatic heterocycles. The van der Waals surface area contributed by atoms with Crippen molar-refractivity contribution in [2.45, 2.75) is 6.42 Å². The van der Waals surface area contributed by atoms with Gasteiger partial charge in [0, 0.05) is 11.0 Å². The third kappa shape index (κ3) is 3.63. The summed E-state index contributed by atoms with van der Waals surface area (Å²) in [7, 11) is 1.58. The molecule has 0 fully saturated rings. The van der Waals surface area contributed by atoms with Crippen LogP contribution in [0.4, 0.5) is 15.8 Å². The Morgan fingerprint density at radius 3 is 2.75 bits per heavy atom. The predicted octanol–water partition coefficient (Wildman–Crippen LogP) is 3.83. The van der Waals surface area contributed by atoms with Gasteiger partial charge < -0.3 is 15.8 Å². The van der Waals surface area contributed by atoms with E-state index in [2.05, 4.69) is 21.2 Å². The largest absolute Gasteiger partial charge is 0.496 e. The zero-order valence-electron chi connectivity index (χ0n) is 11.1. The molecular formula is C15H16BrFN2O. The number of nitrogens with one attached hydrogen (secondary N) is 1. The maximum Gasteiger partial charge on any atom is 0.123 e. The Morgan fingerprint density at radius 1 is 1.25 bits per heavy atom. The highest BCUT2D eigenvalue weighted by atomic mass is 79.9. The number of halogens is 2. The average Bonchev–Trinajstić information content (AvgIpc) is 2.41. The number of rotatable bonds is 5. The fraction of sp³-hybridized carbons (Fsp3) is 0.200. The van der Waals surface area contributed by atoms with E-state index in [1.807, 2.05) is 18.2 Å². The second kappa shape index (κ2) is 6.61. The molecule has 2 aromatic rings. The van der Waals surface area contributed by atoms with Gasteiger partial charge in [-0.1, -0.05) is 15.9 Å². The summed E-state index contributed by atoms with van der Waals surface area (Å²) in [4.78, 5) is 0. The molecule has 0 saturated heterocycles. The van der Waals surface area contributed by atoms with Crippen LogP contribution in [0.3, 0.4) is 0 Å². The summed E-state index contributed by atoms with van der Waals surface area (Å²) >= 11 is 3.36. The maximum atomic E-state index is 13.2. The van der Waals surface area contributed by atoms with E-state index >= 15 is 0 Å². The van der Waals surface area contributed by atoms with Crippen LogP contribution in [0.15, 0.2) is 40.9 Å². The summed E-state index contributed by atoms with van der Waals surface area (Å²) in [6, 6.07) is 10.2. The summed E-state index contributed by atoms with van der Waals surface area (Å²) in [5.41, 5.74) is 8.27. The standard InChI is InChI=1S/C15H16BrFN2O/c1-20-15-5-3-12(17)8-10(15)6-7-19-14-4-2-11(16)9-13(14)18/h2-5,8-9,19H,6-7,18H2,1H3. The van der Waals surface area contributed by atoms with Crippen molar-refractivity contribution in [3.63, 3.8) is 0 Å². The molecule has 0 unspecified atom stereocenters. The van der Waals surface area contributed by atoms with E-state index in [1.54, 1.807) is 13.2 Å². The van der Waals surface area contributed by atoms with E-state index < -0.39 is 0 Å². The lowest BCUT2D eigenvalue weighted by molar-refractivity contribution is 0.408. The van der Waals surface area contributed by atoms with Crippen LogP contribution >= 0.6 is 15.9 Å². The van der Waals surface area contributed by atoms with Gasteiger partial charge in [-0.2, -0.15) is 0 Å². The fourth-order valence-electron chi connectivity index (χ4n) is 1.97. The molecule has 106 valence electrons. The Labute approximate surface area is 126 Å². The van der Waals surface area contributed by atoms with Crippen LogP contribution < -0.4 is 15.8 Å². The first kappa shape index (κ1) is 14.7. The van der Waals surface area contributed by atoms with Crippen molar-refractivity contribution < 1.29 is 9.13 Å². The van der Waals surface area contributed by atoms with Gasteiger partial charge in [-0.15, -0.1) is 0 Å². The van der Waals surface area contributed by atoms with Crippen molar-refractivity contribution in [1.29, 1.82) is 0 Å². The lowest BCUT2D eigenvalue weighted by atomic mass is 10.1. The van der Waals surface area contributed by atoms with Crippen LogP contribution in [0, 0.1) is 5.82 Å². The predicted molar refractivity (Wildman–Crippen MR) is 83.7 cm³/mol. The molecule has 0 radical (unpaired) electrons. The zero-order chi connectivity index (χ0) is 14.5. The minimum Gasteiger partial charge on any atom is -0.496 e. The quantitative estimate of drug-likeness (QED) is 0.814. The number of anilines is 2. The number of hydrogen-bond acceptors (Lipinski definition) is 3. The van der Waals surface area contributed by atoms with Gasteiger partial charge in [-0.25, -0.2) is 4.39 Å². The van der Waals surface area contributed by atoms with Crippen molar-refractivity contribution in [3.05, 3.63) is 52.3 Å². The van der Waals surface area contributed by atoms with Crippen LogP contribution in [0.2, 0.25) is 0 Å². The first-order valence-electron chi connectivity index (χ1n) is 6.21. The third-order valence-electron chi connectivity index (χ3n) is 2.97. The highest BCUT2D eigenvalue weighted by molar-refractivity contribution is 9.10. The van der Waals surface area contributed by atoms with Gasteiger partial charge in [-0.05, 0) is 48.4 Å². The Morgan fingerprint density at radius 2 is 2.05 bits per heavy atom. The van der Waals surface area contributed by atoms with E-state index in [4.69, 9.17) is 10.5 Å². The molecule has 0 amide bonds. The monoisotopic (exact) mass is 338 g/mol. The van der Waals surface area contributed by atoms with E-state index in [0.717, 1.165) is 15.7 Å². The third-order valence-corrected chi connectivity index (χ3v) is 3.46. The van der Waals surface area contributed by atoms with Gasteiger partial charge in [0.05, 0.1) is 18.5 Å². The fourth-order valence-corrected chi connectivity index (χ4v) is 2.35. The number of nitrogen functional groups attached to an aromatic ring is 1. The van der Waals surface area contributed by atoms with Crippen LogP contribution in [0.25, 0.3) is 0 Å². The van der Waals surface area contributed by atoms with Crippen LogP contribution in [0.1, 0.15) is 5.56 Å². The Hall–Kier alpha value is -1.75. The summed E-state index contributed by atoms with van der Waals surface area (Å²) in [6.45, 7) is 0.644. The average molecular weight is 339 g/mol. The van der Waals surface area contributed by atoms with Gasteiger partial charge in [0.25, 0.3) is 0 Å². The maximum absolute atomic E-state index is 13.2. The molecule has 0 aliphatic heterocycles.